The summed E-state index contributed by atoms with van der Waals surface area (Å²) in [6.45, 7) is 3.85. The van der Waals surface area contributed by atoms with Gasteiger partial charge in [0.2, 0.25) is 5.91 Å². The lowest BCUT2D eigenvalue weighted by Crippen LogP contribution is -2.39. The number of amides is 1. The molecular weight excluding hydrogens is 307 g/mol. The summed E-state index contributed by atoms with van der Waals surface area (Å²) in [4.78, 5) is 16.1. The fraction of sp³-hybridized carbons (Fsp3) is 0.556. The van der Waals surface area contributed by atoms with Gasteiger partial charge in [0.05, 0.1) is 6.54 Å². The predicted molar refractivity (Wildman–Crippen MR) is 92.4 cm³/mol. The average Bonchev–Trinajstić information content (AvgIpc) is 3.46. The van der Waals surface area contributed by atoms with Gasteiger partial charge in [0, 0.05) is 31.0 Å². The predicted octanol–water partition coefficient (Wildman–Crippen LogP) is 1.76. The summed E-state index contributed by atoms with van der Waals surface area (Å²) in [5.41, 5.74) is 0.766. The van der Waals surface area contributed by atoms with Gasteiger partial charge in [0.25, 0.3) is 0 Å². The van der Waals surface area contributed by atoms with Crippen molar-refractivity contribution in [1.29, 1.82) is 0 Å². The molecule has 2 atom stereocenters. The van der Waals surface area contributed by atoms with E-state index in [0.29, 0.717) is 13.1 Å². The number of hydrogen-bond donors (Lipinski definition) is 3. The summed E-state index contributed by atoms with van der Waals surface area (Å²) in [5.74, 6) is 1.15. The first-order valence-corrected chi connectivity index (χ1v) is 8.76. The summed E-state index contributed by atoms with van der Waals surface area (Å²) in [7, 11) is 0. The maximum atomic E-state index is 13.8. The largest absolute Gasteiger partial charge is 0.357 e. The van der Waals surface area contributed by atoms with Crippen molar-refractivity contribution in [2.45, 2.75) is 38.1 Å². The maximum Gasteiger partial charge on any atom is 0.223 e. The van der Waals surface area contributed by atoms with Gasteiger partial charge in [-0.05, 0) is 37.8 Å². The molecule has 2 aliphatic carbocycles. The second-order valence-electron chi connectivity index (χ2n) is 6.44. The van der Waals surface area contributed by atoms with Crippen molar-refractivity contribution in [2.24, 2.45) is 10.9 Å². The molecule has 1 amide bonds. The maximum absolute atomic E-state index is 13.8. The summed E-state index contributed by atoms with van der Waals surface area (Å²) >= 11 is 0. The highest BCUT2D eigenvalue weighted by molar-refractivity contribution is 5.81. The molecule has 0 radical (unpaired) electrons. The van der Waals surface area contributed by atoms with Gasteiger partial charge in [0.1, 0.15) is 5.82 Å². The van der Waals surface area contributed by atoms with E-state index in [0.717, 1.165) is 37.3 Å². The van der Waals surface area contributed by atoms with E-state index in [1.54, 1.807) is 6.07 Å². The highest BCUT2D eigenvalue weighted by Crippen LogP contribution is 2.41. The molecule has 2 saturated carbocycles. The van der Waals surface area contributed by atoms with Crippen LogP contribution >= 0.6 is 0 Å². The number of carbonyl (C=O) groups excluding carboxylic acids is 1. The minimum absolute atomic E-state index is 0.142. The number of hydrogen-bond acceptors (Lipinski definition) is 2. The Kier molecular flexibility index (Phi) is 5.33. The Morgan fingerprint density at radius 1 is 1.29 bits per heavy atom. The van der Waals surface area contributed by atoms with Gasteiger partial charge < -0.3 is 16.0 Å². The molecule has 2 unspecified atom stereocenters. The molecule has 24 heavy (non-hydrogen) atoms. The van der Waals surface area contributed by atoms with E-state index in [1.165, 1.54) is 6.07 Å². The summed E-state index contributed by atoms with van der Waals surface area (Å²) in [5, 5.41) is 9.45. The van der Waals surface area contributed by atoms with Gasteiger partial charge in [-0.25, -0.2) is 4.39 Å². The second-order valence-corrected chi connectivity index (χ2v) is 6.44. The van der Waals surface area contributed by atoms with Crippen LogP contribution in [-0.4, -0.2) is 37.5 Å². The van der Waals surface area contributed by atoms with E-state index in [1.807, 2.05) is 19.1 Å². The third kappa shape index (κ3) is 4.46. The molecule has 2 fully saturated rings. The lowest BCUT2D eigenvalue weighted by atomic mass is 10.1. The lowest BCUT2D eigenvalue weighted by Gasteiger charge is -2.11. The zero-order valence-corrected chi connectivity index (χ0v) is 14.0. The van der Waals surface area contributed by atoms with E-state index in [-0.39, 0.29) is 29.6 Å². The fourth-order valence-electron chi connectivity index (χ4n) is 2.81. The van der Waals surface area contributed by atoms with Gasteiger partial charge in [0.15, 0.2) is 5.96 Å². The molecule has 1 aromatic rings. The van der Waals surface area contributed by atoms with Crippen LogP contribution in [0.3, 0.4) is 0 Å². The van der Waals surface area contributed by atoms with Crippen LogP contribution in [0.4, 0.5) is 4.39 Å². The van der Waals surface area contributed by atoms with Crippen LogP contribution in [0.15, 0.2) is 29.3 Å². The standard InChI is InChI=1S/C18H25FN4O/c1-2-20-18(22-10-9-21-17(24)12-7-8-12)23-16-11-14(16)13-5-3-4-6-15(13)19/h3-6,12,14,16H,2,7-11H2,1H3,(H,21,24)(H2,20,22,23). The quantitative estimate of drug-likeness (QED) is 0.405. The van der Waals surface area contributed by atoms with Gasteiger partial charge in [-0.2, -0.15) is 0 Å². The van der Waals surface area contributed by atoms with Crippen LogP contribution in [-0.2, 0) is 4.79 Å². The normalized spacial score (nSPS) is 22.8. The van der Waals surface area contributed by atoms with Crippen LogP contribution < -0.4 is 16.0 Å². The molecule has 6 heteroatoms. The molecule has 0 aromatic heterocycles. The van der Waals surface area contributed by atoms with Crippen LogP contribution in [0.25, 0.3) is 0 Å². The highest BCUT2D eigenvalue weighted by Gasteiger charge is 2.40. The third-order valence-corrected chi connectivity index (χ3v) is 4.39. The molecule has 0 spiro atoms. The second kappa shape index (κ2) is 7.64. The van der Waals surface area contributed by atoms with Gasteiger partial charge in [-0.1, -0.05) is 18.2 Å². The molecule has 0 aliphatic heterocycles. The van der Waals surface area contributed by atoms with Crippen LogP contribution in [0.1, 0.15) is 37.7 Å². The molecule has 0 bridgehead atoms. The van der Waals surface area contributed by atoms with Crippen LogP contribution in [0, 0.1) is 11.7 Å². The summed E-state index contributed by atoms with van der Waals surface area (Å²) in [6.07, 6.45) is 2.93. The minimum Gasteiger partial charge on any atom is -0.357 e. The van der Waals surface area contributed by atoms with E-state index in [4.69, 9.17) is 0 Å². The topological polar surface area (TPSA) is 65.5 Å². The van der Waals surface area contributed by atoms with E-state index in [9.17, 15) is 9.18 Å². The Hall–Kier alpha value is -2.11. The Morgan fingerprint density at radius 3 is 2.79 bits per heavy atom. The first kappa shape index (κ1) is 16.7. The molecule has 1 aromatic carbocycles. The van der Waals surface area contributed by atoms with Crippen LogP contribution in [0.5, 0.6) is 0 Å². The van der Waals surface area contributed by atoms with Gasteiger partial charge >= 0.3 is 0 Å². The Morgan fingerprint density at radius 2 is 2.08 bits per heavy atom. The van der Waals surface area contributed by atoms with Crippen molar-refractivity contribution in [1.82, 2.24) is 16.0 Å². The summed E-state index contributed by atoms with van der Waals surface area (Å²) in [6, 6.07) is 7.15. The van der Waals surface area contributed by atoms with Crippen molar-refractivity contribution in [3.63, 3.8) is 0 Å². The number of nitrogens with zero attached hydrogens (tertiary/aromatic N) is 1. The molecule has 3 N–H and O–H groups in total. The highest BCUT2D eigenvalue weighted by atomic mass is 19.1. The Labute approximate surface area is 142 Å². The smallest absolute Gasteiger partial charge is 0.223 e. The lowest BCUT2D eigenvalue weighted by molar-refractivity contribution is -0.122. The van der Waals surface area contributed by atoms with Crippen molar-refractivity contribution < 1.29 is 9.18 Å². The SMILES string of the molecule is CCNC(=NCCNC(=O)C1CC1)NC1CC1c1ccccc1F. The molecule has 130 valence electrons. The zero-order chi connectivity index (χ0) is 16.9. The first-order valence-electron chi connectivity index (χ1n) is 8.76. The van der Waals surface area contributed by atoms with Crippen LogP contribution in [0.2, 0.25) is 0 Å². The molecule has 2 aliphatic rings. The number of guanidine groups is 1. The Balaban J connectivity index is 1.46. The molecule has 3 rings (SSSR count). The number of carbonyl (C=O) groups is 1. The summed E-state index contributed by atoms with van der Waals surface area (Å²) < 4.78 is 13.8. The first-order chi connectivity index (χ1) is 11.7. The fourth-order valence-corrected chi connectivity index (χ4v) is 2.81. The molecule has 0 saturated heterocycles. The Bertz CT molecular complexity index is 615. The van der Waals surface area contributed by atoms with E-state index in [2.05, 4.69) is 20.9 Å². The van der Waals surface area contributed by atoms with Gasteiger partial charge in [-0.3, -0.25) is 9.79 Å². The minimum atomic E-state index is -0.142. The van der Waals surface area contributed by atoms with Crippen molar-refractivity contribution in [2.75, 3.05) is 19.6 Å². The average molecular weight is 332 g/mol. The van der Waals surface area contributed by atoms with Gasteiger partial charge in [-0.15, -0.1) is 0 Å². The number of benzene rings is 1. The van der Waals surface area contributed by atoms with Crippen molar-refractivity contribution >= 4 is 11.9 Å². The number of rotatable bonds is 7. The zero-order valence-electron chi connectivity index (χ0n) is 14.0. The third-order valence-electron chi connectivity index (χ3n) is 4.39. The molecule has 0 heterocycles. The number of halogens is 1. The molecular formula is C18H25FN4O. The van der Waals surface area contributed by atoms with Crippen molar-refractivity contribution in [3.05, 3.63) is 35.6 Å². The molecule has 5 nitrogen and oxygen atoms in total. The van der Waals surface area contributed by atoms with Crippen molar-refractivity contribution in [3.8, 4) is 0 Å². The van der Waals surface area contributed by atoms with E-state index >= 15 is 0 Å². The number of aliphatic imine (C=N–C) groups is 1. The van der Waals surface area contributed by atoms with E-state index < -0.39 is 0 Å². The monoisotopic (exact) mass is 332 g/mol. The number of nitrogens with one attached hydrogen (secondary N) is 3.